The SMILES string of the molecule is O=C(O)COCCN1CCN(C(c2ccccc2)c2ccc(Cl)cc2)CC1.O=S(=O)(O)c1ccccc1. The molecule has 3 aromatic rings. The molecule has 1 saturated heterocycles. The minimum atomic E-state index is -4.00. The van der Waals surface area contributed by atoms with E-state index in [0.29, 0.717) is 6.61 Å². The van der Waals surface area contributed by atoms with Gasteiger partial charge in [0.25, 0.3) is 10.1 Å². The average Bonchev–Trinajstić information content (AvgIpc) is 2.90. The van der Waals surface area contributed by atoms with Crippen LogP contribution in [0.3, 0.4) is 0 Å². The second-order valence-corrected chi connectivity index (χ2v) is 10.3. The Labute approximate surface area is 222 Å². The van der Waals surface area contributed by atoms with Gasteiger partial charge in [-0.05, 0) is 35.4 Å². The Morgan fingerprint density at radius 3 is 1.92 bits per heavy atom. The fraction of sp³-hybridized carbons (Fsp3) is 0.296. The Balaban J connectivity index is 0.000000319. The van der Waals surface area contributed by atoms with Crippen molar-refractivity contribution in [1.29, 1.82) is 0 Å². The van der Waals surface area contributed by atoms with Gasteiger partial charge in [0.05, 0.1) is 17.5 Å². The molecule has 10 heteroatoms. The topological polar surface area (TPSA) is 107 Å². The molecule has 1 atom stereocenters. The number of aliphatic carboxylic acids is 1. The summed E-state index contributed by atoms with van der Waals surface area (Å²) >= 11 is 6.08. The van der Waals surface area contributed by atoms with Crippen molar-refractivity contribution in [2.24, 2.45) is 0 Å². The van der Waals surface area contributed by atoms with E-state index in [2.05, 4.69) is 46.2 Å². The van der Waals surface area contributed by atoms with Crippen LogP contribution in [0.5, 0.6) is 0 Å². The number of hydrogen-bond acceptors (Lipinski definition) is 6. The number of halogens is 1. The van der Waals surface area contributed by atoms with Crippen molar-refractivity contribution < 1.29 is 27.6 Å². The van der Waals surface area contributed by atoms with E-state index in [1.807, 2.05) is 18.2 Å². The van der Waals surface area contributed by atoms with E-state index in [0.717, 1.165) is 37.7 Å². The first-order valence-electron chi connectivity index (χ1n) is 11.8. The normalized spacial score (nSPS) is 15.4. The van der Waals surface area contributed by atoms with Gasteiger partial charge in [0, 0.05) is 37.7 Å². The molecule has 1 aliphatic rings. The quantitative estimate of drug-likeness (QED) is 0.305. The first kappa shape index (κ1) is 28.8. The lowest BCUT2D eigenvalue weighted by Crippen LogP contribution is -2.48. The van der Waals surface area contributed by atoms with Crippen LogP contribution in [0.25, 0.3) is 0 Å². The smallest absolute Gasteiger partial charge is 0.329 e. The predicted molar refractivity (Wildman–Crippen MR) is 142 cm³/mol. The van der Waals surface area contributed by atoms with Gasteiger partial charge < -0.3 is 9.84 Å². The Kier molecular flexibility index (Phi) is 11.1. The molecule has 2 N–H and O–H groups in total. The molecule has 198 valence electrons. The first-order chi connectivity index (χ1) is 17.7. The standard InChI is InChI=1S/C21H25ClN2O3.C6H6O3S/c22-19-8-6-18(7-9-19)21(17-4-2-1-3-5-17)24-12-10-23(11-13-24)14-15-27-16-20(25)26;7-10(8,9)6-4-2-1-3-5-6/h1-9,21H,10-16H2,(H,25,26);1-5H,(H,7,8,9). The van der Waals surface area contributed by atoms with Gasteiger partial charge >= 0.3 is 5.97 Å². The van der Waals surface area contributed by atoms with Gasteiger partial charge in [-0.15, -0.1) is 0 Å². The van der Waals surface area contributed by atoms with E-state index in [1.54, 1.807) is 18.2 Å². The van der Waals surface area contributed by atoms with E-state index in [9.17, 15) is 13.2 Å². The summed E-state index contributed by atoms with van der Waals surface area (Å²) in [4.78, 5) is 15.2. The van der Waals surface area contributed by atoms with Crippen molar-refractivity contribution in [1.82, 2.24) is 9.80 Å². The van der Waals surface area contributed by atoms with Crippen LogP contribution >= 0.6 is 11.6 Å². The van der Waals surface area contributed by atoms with Crippen molar-refractivity contribution in [3.8, 4) is 0 Å². The molecule has 0 saturated carbocycles. The minimum absolute atomic E-state index is 0.0741. The summed E-state index contributed by atoms with van der Waals surface area (Å²) in [5.41, 5.74) is 2.52. The maximum absolute atomic E-state index is 10.5. The molecule has 0 radical (unpaired) electrons. The molecule has 37 heavy (non-hydrogen) atoms. The van der Waals surface area contributed by atoms with E-state index < -0.39 is 16.1 Å². The summed E-state index contributed by atoms with van der Waals surface area (Å²) in [6.45, 7) is 4.75. The monoisotopic (exact) mass is 546 g/mol. The van der Waals surface area contributed by atoms with Crippen LogP contribution in [0, 0.1) is 0 Å². The predicted octanol–water partition coefficient (Wildman–Crippen LogP) is 4.08. The number of benzene rings is 3. The van der Waals surface area contributed by atoms with Gasteiger partial charge in [0.1, 0.15) is 6.61 Å². The van der Waals surface area contributed by atoms with Crippen molar-refractivity contribution in [2.45, 2.75) is 10.9 Å². The summed E-state index contributed by atoms with van der Waals surface area (Å²) in [7, 11) is -4.00. The molecule has 1 fully saturated rings. The molecule has 3 aromatic carbocycles. The van der Waals surface area contributed by atoms with Crippen LogP contribution < -0.4 is 0 Å². The number of carboxylic acid groups (broad SMARTS) is 1. The Bertz CT molecular complexity index is 1200. The van der Waals surface area contributed by atoms with Crippen molar-refractivity contribution in [2.75, 3.05) is 45.9 Å². The van der Waals surface area contributed by atoms with E-state index in [1.165, 1.54) is 23.3 Å². The highest BCUT2D eigenvalue weighted by molar-refractivity contribution is 7.85. The molecule has 0 spiro atoms. The van der Waals surface area contributed by atoms with Crippen LogP contribution in [0.1, 0.15) is 17.2 Å². The summed E-state index contributed by atoms with van der Waals surface area (Å²) < 4.78 is 34.4. The van der Waals surface area contributed by atoms with Crippen LogP contribution in [-0.2, 0) is 19.6 Å². The maximum atomic E-state index is 10.5. The fourth-order valence-corrected chi connectivity index (χ4v) is 4.71. The summed E-state index contributed by atoms with van der Waals surface area (Å²) in [6.07, 6.45) is 0. The van der Waals surface area contributed by atoms with Crippen LogP contribution in [0.2, 0.25) is 5.02 Å². The zero-order valence-electron chi connectivity index (χ0n) is 20.3. The summed E-state index contributed by atoms with van der Waals surface area (Å²) in [5, 5.41) is 9.37. The molecule has 0 aliphatic carbocycles. The van der Waals surface area contributed by atoms with Gasteiger partial charge in [-0.1, -0.05) is 72.3 Å². The Morgan fingerprint density at radius 1 is 0.865 bits per heavy atom. The zero-order chi connectivity index (χ0) is 26.7. The first-order valence-corrected chi connectivity index (χ1v) is 13.6. The fourth-order valence-electron chi connectivity index (χ4n) is 4.09. The number of ether oxygens (including phenoxy) is 1. The number of hydrogen-bond donors (Lipinski definition) is 2. The molecule has 1 aliphatic heterocycles. The molecular formula is C27H31ClN2O6S. The van der Waals surface area contributed by atoms with Crippen LogP contribution in [0.4, 0.5) is 0 Å². The molecule has 8 nitrogen and oxygen atoms in total. The second kappa shape index (κ2) is 14.2. The van der Waals surface area contributed by atoms with Gasteiger partial charge in [-0.3, -0.25) is 14.4 Å². The zero-order valence-corrected chi connectivity index (χ0v) is 21.9. The van der Waals surface area contributed by atoms with Gasteiger partial charge in [-0.2, -0.15) is 8.42 Å². The van der Waals surface area contributed by atoms with Gasteiger partial charge in [0.2, 0.25) is 0 Å². The lowest BCUT2D eigenvalue weighted by molar-refractivity contribution is -0.142. The molecule has 4 rings (SSSR count). The molecule has 0 bridgehead atoms. The molecule has 0 aromatic heterocycles. The lowest BCUT2D eigenvalue weighted by atomic mass is 9.96. The van der Waals surface area contributed by atoms with Crippen molar-refractivity contribution >= 4 is 27.7 Å². The third-order valence-corrected chi connectivity index (χ3v) is 7.01. The second-order valence-electron chi connectivity index (χ2n) is 8.48. The van der Waals surface area contributed by atoms with Crippen molar-refractivity contribution in [3.63, 3.8) is 0 Å². The third kappa shape index (κ3) is 9.55. The Hall–Kier alpha value is -2.79. The number of carboxylic acids is 1. The minimum Gasteiger partial charge on any atom is -0.480 e. The number of nitrogens with zero attached hydrogens (tertiary/aromatic N) is 2. The number of rotatable bonds is 9. The molecule has 0 amide bonds. The number of carbonyl (C=O) groups is 1. The van der Waals surface area contributed by atoms with E-state index in [4.69, 9.17) is 26.0 Å². The van der Waals surface area contributed by atoms with E-state index >= 15 is 0 Å². The highest BCUT2D eigenvalue weighted by atomic mass is 35.5. The molecule has 1 heterocycles. The Morgan fingerprint density at radius 2 is 1.41 bits per heavy atom. The molecular weight excluding hydrogens is 516 g/mol. The largest absolute Gasteiger partial charge is 0.480 e. The lowest BCUT2D eigenvalue weighted by Gasteiger charge is -2.39. The average molecular weight is 547 g/mol. The van der Waals surface area contributed by atoms with Crippen LogP contribution in [-0.4, -0.2) is 79.8 Å². The highest BCUT2D eigenvalue weighted by Crippen LogP contribution is 2.30. The number of piperazine rings is 1. The van der Waals surface area contributed by atoms with Crippen molar-refractivity contribution in [3.05, 3.63) is 101 Å². The van der Waals surface area contributed by atoms with Gasteiger partial charge in [-0.25, -0.2) is 4.79 Å². The summed E-state index contributed by atoms with van der Waals surface area (Å²) in [5.74, 6) is -0.923. The van der Waals surface area contributed by atoms with E-state index in [-0.39, 0.29) is 17.5 Å². The maximum Gasteiger partial charge on any atom is 0.329 e. The summed E-state index contributed by atoms with van der Waals surface area (Å²) in [6, 6.07) is 26.3. The van der Waals surface area contributed by atoms with Gasteiger partial charge in [0.15, 0.2) is 0 Å². The molecule has 1 unspecified atom stereocenters. The third-order valence-electron chi connectivity index (χ3n) is 5.89. The highest BCUT2D eigenvalue weighted by Gasteiger charge is 2.26. The van der Waals surface area contributed by atoms with Crippen LogP contribution in [0.15, 0.2) is 89.8 Å².